The van der Waals surface area contributed by atoms with Crippen LogP contribution in [0, 0.1) is 5.92 Å². The number of aliphatic hydroxyl groups excluding tert-OH is 1. The molecular formula is C10H12OS. The van der Waals surface area contributed by atoms with Crippen molar-refractivity contribution in [3.05, 3.63) is 28.0 Å². The van der Waals surface area contributed by atoms with Crippen LogP contribution in [0.3, 0.4) is 0 Å². The van der Waals surface area contributed by atoms with Crippen LogP contribution in [0.1, 0.15) is 22.6 Å². The zero-order chi connectivity index (χ0) is 8.39. The molecule has 0 aliphatic heterocycles. The van der Waals surface area contributed by atoms with Gasteiger partial charge in [-0.15, -0.1) is 11.3 Å². The predicted molar refractivity (Wildman–Crippen MR) is 52.0 cm³/mol. The molecule has 1 aromatic heterocycles. The minimum Gasteiger partial charge on any atom is -0.391 e. The third-order valence-corrected chi connectivity index (χ3v) is 3.03. The second-order valence-electron chi connectivity index (χ2n) is 3.16. The quantitative estimate of drug-likeness (QED) is 0.758. The Kier molecular flexibility index (Phi) is 2.28. The molecule has 0 radical (unpaired) electrons. The lowest BCUT2D eigenvalue weighted by molar-refractivity contribution is 0.285. The normalized spacial score (nSPS) is 17.4. The first kappa shape index (κ1) is 8.02. The summed E-state index contributed by atoms with van der Waals surface area (Å²) in [5, 5.41) is 8.83. The van der Waals surface area contributed by atoms with Crippen molar-refractivity contribution in [3.63, 3.8) is 0 Å². The smallest absolute Gasteiger partial charge is 0.0774 e. The number of hydrogen-bond donors (Lipinski definition) is 1. The van der Waals surface area contributed by atoms with Gasteiger partial charge in [0.2, 0.25) is 0 Å². The molecule has 0 bridgehead atoms. The Morgan fingerprint density at radius 1 is 1.50 bits per heavy atom. The minimum atomic E-state index is 0.169. The largest absolute Gasteiger partial charge is 0.391 e. The van der Waals surface area contributed by atoms with Crippen LogP contribution in [0.2, 0.25) is 0 Å². The van der Waals surface area contributed by atoms with Crippen LogP contribution in [-0.4, -0.2) is 5.11 Å². The van der Waals surface area contributed by atoms with Gasteiger partial charge in [-0.25, -0.2) is 0 Å². The zero-order valence-electron chi connectivity index (χ0n) is 6.86. The van der Waals surface area contributed by atoms with E-state index in [0.29, 0.717) is 0 Å². The van der Waals surface area contributed by atoms with E-state index in [1.807, 2.05) is 6.07 Å². The fraction of sp³-hybridized carbons (Fsp3) is 0.400. The highest BCUT2D eigenvalue weighted by Gasteiger charge is 2.16. The van der Waals surface area contributed by atoms with Crippen LogP contribution in [0.4, 0.5) is 0 Å². The van der Waals surface area contributed by atoms with Crippen molar-refractivity contribution in [3.8, 4) is 0 Å². The van der Waals surface area contributed by atoms with Gasteiger partial charge >= 0.3 is 0 Å². The maximum atomic E-state index is 8.83. The first-order valence-electron chi connectivity index (χ1n) is 4.26. The number of allylic oxidation sites excluding steroid dienone is 1. The Labute approximate surface area is 76.4 Å². The number of rotatable bonds is 3. The minimum absolute atomic E-state index is 0.169. The maximum absolute atomic E-state index is 8.83. The molecule has 12 heavy (non-hydrogen) atoms. The van der Waals surface area contributed by atoms with Gasteiger partial charge in [0, 0.05) is 9.75 Å². The Balaban J connectivity index is 2.01. The lowest BCUT2D eigenvalue weighted by atomic mass is 10.3. The van der Waals surface area contributed by atoms with Gasteiger partial charge in [0.05, 0.1) is 6.61 Å². The molecule has 1 N–H and O–H groups in total. The summed E-state index contributed by atoms with van der Waals surface area (Å²) in [4.78, 5) is 2.30. The average Bonchev–Trinajstić information content (AvgIpc) is 2.81. The lowest BCUT2D eigenvalue weighted by Gasteiger charge is -1.84. The van der Waals surface area contributed by atoms with E-state index in [0.717, 1.165) is 10.8 Å². The third kappa shape index (κ3) is 1.96. The van der Waals surface area contributed by atoms with E-state index in [1.54, 1.807) is 11.3 Å². The van der Waals surface area contributed by atoms with E-state index in [-0.39, 0.29) is 6.61 Å². The molecule has 1 saturated carbocycles. The first-order chi connectivity index (χ1) is 5.88. The molecular weight excluding hydrogens is 168 g/mol. The highest BCUT2D eigenvalue weighted by Crippen LogP contribution is 2.31. The molecule has 1 aliphatic carbocycles. The van der Waals surface area contributed by atoms with Gasteiger partial charge in [-0.05, 0) is 37.0 Å². The van der Waals surface area contributed by atoms with Gasteiger partial charge in [-0.1, -0.05) is 6.08 Å². The van der Waals surface area contributed by atoms with Crippen LogP contribution >= 0.6 is 11.3 Å². The SMILES string of the molecule is OCc1ccc(C=CC2CC2)s1. The molecule has 1 aromatic rings. The van der Waals surface area contributed by atoms with Crippen molar-refractivity contribution < 1.29 is 5.11 Å². The van der Waals surface area contributed by atoms with Crippen LogP contribution in [-0.2, 0) is 6.61 Å². The van der Waals surface area contributed by atoms with Crippen molar-refractivity contribution in [2.75, 3.05) is 0 Å². The van der Waals surface area contributed by atoms with Gasteiger partial charge in [0.1, 0.15) is 0 Å². The Morgan fingerprint density at radius 3 is 2.92 bits per heavy atom. The third-order valence-electron chi connectivity index (χ3n) is 1.99. The van der Waals surface area contributed by atoms with Crippen molar-refractivity contribution in [1.29, 1.82) is 0 Å². The summed E-state index contributed by atoms with van der Waals surface area (Å²) in [6.07, 6.45) is 7.15. The van der Waals surface area contributed by atoms with Crippen LogP contribution in [0.5, 0.6) is 0 Å². The summed E-state index contributed by atoms with van der Waals surface area (Å²) in [5.41, 5.74) is 0. The first-order valence-corrected chi connectivity index (χ1v) is 5.08. The molecule has 0 amide bonds. The molecule has 1 aliphatic rings. The van der Waals surface area contributed by atoms with Crippen LogP contribution in [0.15, 0.2) is 18.2 Å². The van der Waals surface area contributed by atoms with Gasteiger partial charge in [0.15, 0.2) is 0 Å². The summed E-state index contributed by atoms with van der Waals surface area (Å²) >= 11 is 1.67. The van der Waals surface area contributed by atoms with Gasteiger partial charge in [0.25, 0.3) is 0 Å². The van der Waals surface area contributed by atoms with E-state index in [2.05, 4.69) is 18.2 Å². The molecule has 1 nitrogen and oxygen atoms in total. The molecule has 2 heteroatoms. The Morgan fingerprint density at radius 2 is 2.33 bits per heavy atom. The summed E-state index contributed by atoms with van der Waals surface area (Å²) in [6, 6.07) is 4.05. The van der Waals surface area contributed by atoms with Crippen LogP contribution in [0.25, 0.3) is 6.08 Å². The standard InChI is InChI=1S/C10H12OS/c11-7-10-6-5-9(12-10)4-3-8-1-2-8/h3-6,8,11H,1-2,7H2. The van der Waals surface area contributed by atoms with Crippen LogP contribution < -0.4 is 0 Å². The van der Waals surface area contributed by atoms with Gasteiger partial charge < -0.3 is 5.11 Å². The van der Waals surface area contributed by atoms with E-state index < -0.39 is 0 Å². The highest BCUT2D eigenvalue weighted by molar-refractivity contribution is 7.12. The Hall–Kier alpha value is -0.600. The lowest BCUT2D eigenvalue weighted by Crippen LogP contribution is -1.69. The van der Waals surface area contributed by atoms with E-state index >= 15 is 0 Å². The Bertz CT molecular complexity index is 284. The van der Waals surface area contributed by atoms with E-state index in [9.17, 15) is 0 Å². The summed E-state index contributed by atoms with van der Waals surface area (Å²) in [5.74, 6) is 0.838. The van der Waals surface area contributed by atoms with E-state index in [1.165, 1.54) is 17.7 Å². The molecule has 64 valence electrons. The molecule has 0 aromatic carbocycles. The molecule has 0 spiro atoms. The predicted octanol–water partition coefficient (Wildman–Crippen LogP) is 2.66. The van der Waals surface area contributed by atoms with Crippen molar-refractivity contribution in [2.45, 2.75) is 19.4 Å². The summed E-state index contributed by atoms with van der Waals surface area (Å²) in [6.45, 7) is 0.169. The molecule has 0 unspecified atom stereocenters. The van der Waals surface area contributed by atoms with Gasteiger partial charge in [-0.2, -0.15) is 0 Å². The maximum Gasteiger partial charge on any atom is 0.0774 e. The summed E-state index contributed by atoms with van der Waals surface area (Å²) in [7, 11) is 0. The fourth-order valence-corrected chi connectivity index (χ4v) is 1.87. The average molecular weight is 180 g/mol. The van der Waals surface area contributed by atoms with Crippen molar-refractivity contribution in [1.82, 2.24) is 0 Å². The molecule has 1 heterocycles. The topological polar surface area (TPSA) is 20.2 Å². The number of aliphatic hydroxyl groups is 1. The van der Waals surface area contributed by atoms with Crippen molar-refractivity contribution >= 4 is 17.4 Å². The molecule has 0 atom stereocenters. The number of hydrogen-bond acceptors (Lipinski definition) is 2. The summed E-state index contributed by atoms with van der Waals surface area (Å²) < 4.78 is 0. The van der Waals surface area contributed by atoms with Gasteiger partial charge in [-0.3, -0.25) is 0 Å². The monoisotopic (exact) mass is 180 g/mol. The fourth-order valence-electron chi connectivity index (χ4n) is 1.09. The second kappa shape index (κ2) is 3.42. The molecule has 2 rings (SSSR count). The van der Waals surface area contributed by atoms with Crippen molar-refractivity contribution in [2.24, 2.45) is 5.92 Å². The molecule has 1 fully saturated rings. The second-order valence-corrected chi connectivity index (χ2v) is 4.36. The number of thiophene rings is 1. The zero-order valence-corrected chi connectivity index (χ0v) is 7.68. The highest BCUT2D eigenvalue weighted by atomic mass is 32.1. The molecule has 0 saturated heterocycles. The van der Waals surface area contributed by atoms with E-state index in [4.69, 9.17) is 5.11 Å².